The molecule has 4 heteroatoms. The van der Waals surface area contributed by atoms with Crippen LogP contribution in [0.1, 0.15) is 5.56 Å². The summed E-state index contributed by atoms with van der Waals surface area (Å²) in [4.78, 5) is 3.96. The van der Waals surface area contributed by atoms with Gasteiger partial charge < -0.3 is 5.32 Å². The Hall–Kier alpha value is -1.61. The third-order valence-corrected chi connectivity index (χ3v) is 2.98. The highest BCUT2D eigenvalue weighted by molar-refractivity contribution is 6.18. The normalized spacial score (nSPS) is 12.1. The Bertz CT molecular complexity index is 490. The van der Waals surface area contributed by atoms with E-state index in [0.29, 0.717) is 5.88 Å². The predicted octanol–water partition coefficient (Wildman–Crippen LogP) is 3.48. The van der Waals surface area contributed by atoms with Gasteiger partial charge in [0.25, 0.3) is 0 Å². The number of halogens is 2. The van der Waals surface area contributed by atoms with Gasteiger partial charge in [-0.1, -0.05) is 30.3 Å². The molecule has 0 aliphatic rings. The molecule has 2 aromatic rings. The number of aromatic nitrogens is 1. The van der Waals surface area contributed by atoms with E-state index in [1.807, 2.05) is 30.3 Å². The molecule has 1 unspecified atom stereocenters. The maximum Gasteiger partial charge on any atom is 0.165 e. The molecule has 0 spiro atoms. The Balaban J connectivity index is 2.04. The number of pyridine rings is 1. The van der Waals surface area contributed by atoms with Gasteiger partial charge in [0.2, 0.25) is 0 Å². The first-order valence-corrected chi connectivity index (χ1v) is 6.30. The van der Waals surface area contributed by atoms with Crippen molar-refractivity contribution in [1.82, 2.24) is 4.98 Å². The topological polar surface area (TPSA) is 24.9 Å². The quantitative estimate of drug-likeness (QED) is 0.837. The summed E-state index contributed by atoms with van der Waals surface area (Å²) in [7, 11) is 0. The molecule has 0 aliphatic carbocycles. The third-order valence-electron chi connectivity index (χ3n) is 2.61. The average Bonchev–Trinajstić information content (AvgIpc) is 2.41. The van der Waals surface area contributed by atoms with E-state index in [1.165, 1.54) is 6.07 Å². The number of rotatable bonds is 5. The monoisotopic (exact) mass is 264 g/mol. The fourth-order valence-corrected chi connectivity index (χ4v) is 1.91. The van der Waals surface area contributed by atoms with Crippen molar-refractivity contribution in [2.75, 3.05) is 11.2 Å². The summed E-state index contributed by atoms with van der Waals surface area (Å²) in [6.45, 7) is 0. The molecule has 1 N–H and O–H groups in total. The number of nitrogens with one attached hydrogen (secondary N) is 1. The maximum atomic E-state index is 13.5. The lowest BCUT2D eigenvalue weighted by Crippen LogP contribution is -2.25. The van der Waals surface area contributed by atoms with E-state index in [1.54, 1.807) is 12.3 Å². The minimum Gasteiger partial charge on any atom is -0.363 e. The standard InChI is InChI=1S/C14H14ClFN2/c15-10-12(9-11-5-2-1-3-6-11)18-14-13(16)7-4-8-17-14/h1-8,12H,9-10H2,(H,17,18). The summed E-state index contributed by atoms with van der Waals surface area (Å²) >= 11 is 5.91. The molecule has 0 aliphatic heterocycles. The van der Waals surface area contributed by atoms with Gasteiger partial charge in [0.15, 0.2) is 11.6 Å². The van der Waals surface area contributed by atoms with E-state index in [9.17, 15) is 4.39 Å². The van der Waals surface area contributed by atoms with E-state index in [-0.39, 0.29) is 17.7 Å². The van der Waals surface area contributed by atoms with Crippen molar-refractivity contribution in [3.05, 3.63) is 60.0 Å². The second kappa shape index (κ2) is 6.36. The Labute approximate surface area is 111 Å². The number of alkyl halides is 1. The highest BCUT2D eigenvalue weighted by Gasteiger charge is 2.11. The van der Waals surface area contributed by atoms with E-state index in [0.717, 1.165) is 12.0 Å². The van der Waals surface area contributed by atoms with Crippen molar-refractivity contribution >= 4 is 17.4 Å². The molecule has 94 valence electrons. The van der Waals surface area contributed by atoms with Gasteiger partial charge in [0, 0.05) is 18.1 Å². The summed E-state index contributed by atoms with van der Waals surface area (Å²) in [6, 6.07) is 12.9. The summed E-state index contributed by atoms with van der Waals surface area (Å²) < 4.78 is 13.5. The lowest BCUT2D eigenvalue weighted by atomic mass is 10.1. The van der Waals surface area contributed by atoms with Crippen LogP contribution < -0.4 is 5.32 Å². The van der Waals surface area contributed by atoms with Crippen molar-refractivity contribution in [3.8, 4) is 0 Å². The van der Waals surface area contributed by atoms with Crippen LogP contribution in [0.2, 0.25) is 0 Å². The predicted molar refractivity (Wildman–Crippen MR) is 72.5 cm³/mol. The van der Waals surface area contributed by atoms with Crippen molar-refractivity contribution in [2.24, 2.45) is 0 Å². The van der Waals surface area contributed by atoms with Crippen LogP contribution in [0, 0.1) is 5.82 Å². The smallest absolute Gasteiger partial charge is 0.165 e. The molecule has 0 amide bonds. The number of anilines is 1. The van der Waals surface area contributed by atoms with Crippen LogP contribution in [0.4, 0.5) is 10.2 Å². The molecule has 0 saturated carbocycles. The lowest BCUT2D eigenvalue weighted by molar-refractivity contribution is 0.619. The van der Waals surface area contributed by atoms with Gasteiger partial charge >= 0.3 is 0 Å². The zero-order valence-corrected chi connectivity index (χ0v) is 10.6. The van der Waals surface area contributed by atoms with Crippen LogP contribution in [0.15, 0.2) is 48.7 Å². The first-order valence-electron chi connectivity index (χ1n) is 5.76. The SMILES string of the molecule is Fc1cccnc1NC(CCl)Cc1ccccc1. The fraction of sp³-hybridized carbons (Fsp3) is 0.214. The number of hydrogen-bond acceptors (Lipinski definition) is 2. The minimum absolute atomic E-state index is 0.0431. The molecular weight excluding hydrogens is 251 g/mol. The van der Waals surface area contributed by atoms with Crippen molar-refractivity contribution in [2.45, 2.75) is 12.5 Å². The van der Waals surface area contributed by atoms with E-state index < -0.39 is 0 Å². The molecule has 1 heterocycles. The number of nitrogens with zero attached hydrogens (tertiary/aromatic N) is 1. The molecule has 0 bridgehead atoms. The Morgan fingerprint density at radius 2 is 1.94 bits per heavy atom. The van der Waals surface area contributed by atoms with Crippen LogP contribution in [0.25, 0.3) is 0 Å². The second-order valence-corrected chi connectivity index (χ2v) is 4.33. The molecule has 1 aromatic heterocycles. The summed E-state index contributed by atoms with van der Waals surface area (Å²) in [5, 5.41) is 3.03. The summed E-state index contributed by atoms with van der Waals surface area (Å²) in [6.07, 6.45) is 2.29. The molecule has 0 fully saturated rings. The van der Waals surface area contributed by atoms with Gasteiger partial charge in [0.1, 0.15) is 0 Å². The maximum absolute atomic E-state index is 13.5. The van der Waals surface area contributed by atoms with Gasteiger partial charge in [-0.3, -0.25) is 0 Å². The summed E-state index contributed by atoms with van der Waals surface area (Å²) in [5.41, 5.74) is 1.16. The van der Waals surface area contributed by atoms with E-state index in [2.05, 4.69) is 10.3 Å². The van der Waals surface area contributed by atoms with Gasteiger partial charge in [-0.25, -0.2) is 9.37 Å². The Morgan fingerprint density at radius 3 is 2.61 bits per heavy atom. The van der Waals surface area contributed by atoms with Gasteiger partial charge in [-0.2, -0.15) is 0 Å². The molecule has 0 radical (unpaired) electrons. The van der Waals surface area contributed by atoms with E-state index >= 15 is 0 Å². The first kappa shape index (κ1) is 12.8. The first-order chi connectivity index (χ1) is 8.79. The number of benzene rings is 1. The Morgan fingerprint density at radius 1 is 1.17 bits per heavy atom. The van der Waals surface area contributed by atoms with Crippen LogP contribution in [-0.2, 0) is 6.42 Å². The van der Waals surface area contributed by atoms with Crippen LogP contribution in [-0.4, -0.2) is 16.9 Å². The van der Waals surface area contributed by atoms with Gasteiger partial charge in [-0.05, 0) is 24.1 Å². The van der Waals surface area contributed by atoms with Crippen LogP contribution >= 0.6 is 11.6 Å². The van der Waals surface area contributed by atoms with Gasteiger partial charge in [-0.15, -0.1) is 11.6 Å². The molecule has 0 saturated heterocycles. The van der Waals surface area contributed by atoms with Crippen molar-refractivity contribution in [3.63, 3.8) is 0 Å². The van der Waals surface area contributed by atoms with Crippen molar-refractivity contribution < 1.29 is 4.39 Å². The van der Waals surface area contributed by atoms with Crippen molar-refractivity contribution in [1.29, 1.82) is 0 Å². The van der Waals surface area contributed by atoms with Crippen LogP contribution in [0.5, 0.6) is 0 Å². The fourth-order valence-electron chi connectivity index (χ4n) is 1.73. The number of hydrogen-bond donors (Lipinski definition) is 1. The third kappa shape index (κ3) is 3.44. The van der Waals surface area contributed by atoms with E-state index in [4.69, 9.17) is 11.6 Å². The highest BCUT2D eigenvalue weighted by Crippen LogP contribution is 2.13. The Kier molecular flexibility index (Phi) is 4.53. The largest absolute Gasteiger partial charge is 0.363 e. The lowest BCUT2D eigenvalue weighted by Gasteiger charge is -2.17. The van der Waals surface area contributed by atoms with Crippen LogP contribution in [0.3, 0.4) is 0 Å². The van der Waals surface area contributed by atoms with Gasteiger partial charge in [0.05, 0.1) is 0 Å². The molecular formula is C14H14ClFN2. The summed E-state index contributed by atoms with van der Waals surface area (Å²) in [5.74, 6) is 0.282. The molecule has 1 aromatic carbocycles. The molecule has 2 rings (SSSR count). The second-order valence-electron chi connectivity index (χ2n) is 4.02. The molecule has 1 atom stereocenters. The molecule has 18 heavy (non-hydrogen) atoms. The highest BCUT2D eigenvalue weighted by atomic mass is 35.5. The zero-order chi connectivity index (χ0) is 12.8. The average molecular weight is 265 g/mol. The molecule has 2 nitrogen and oxygen atoms in total. The zero-order valence-electron chi connectivity index (χ0n) is 9.81. The minimum atomic E-state index is -0.360.